The number of nitrogens with one attached hydrogen (secondary N) is 1. The minimum absolute atomic E-state index is 0.124. The van der Waals surface area contributed by atoms with Crippen molar-refractivity contribution in [2.24, 2.45) is 0 Å². The Morgan fingerprint density at radius 1 is 0.944 bits per heavy atom. The predicted octanol–water partition coefficient (Wildman–Crippen LogP) is 6.26. The van der Waals surface area contributed by atoms with E-state index in [4.69, 9.17) is 9.47 Å². The lowest BCUT2D eigenvalue weighted by Gasteiger charge is -2.26. The molecule has 2 aliphatic rings. The van der Waals surface area contributed by atoms with Gasteiger partial charge in [-0.05, 0) is 59.9 Å². The fraction of sp³-hybridized carbons (Fsp3) is 0.226. The lowest BCUT2D eigenvalue weighted by molar-refractivity contribution is 0.283. The molecule has 0 radical (unpaired) electrons. The van der Waals surface area contributed by atoms with Gasteiger partial charge in [0.25, 0.3) is 0 Å². The largest absolute Gasteiger partial charge is 0.493 e. The number of hydrogen-bond acceptors (Lipinski definition) is 5. The molecule has 2 aliphatic heterocycles. The van der Waals surface area contributed by atoms with E-state index in [1.807, 2.05) is 18.2 Å². The second-order valence-corrected chi connectivity index (χ2v) is 8.94. The molecule has 0 aromatic heterocycles. The first-order valence-corrected chi connectivity index (χ1v) is 12.5. The molecule has 0 amide bonds. The number of anilines is 1. The van der Waals surface area contributed by atoms with Crippen molar-refractivity contribution >= 4 is 11.8 Å². The van der Waals surface area contributed by atoms with E-state index in [1.165, 1.54) is 16.7 Å². The van der Waals surface area contributed by atoms with Gasteiger partial charge in [0.2, 0.25) is 0 Å². The summed E-state index contributed by atoms with van der Waals surface area (Å²) in [6, 6.07) is 23.2. The van der Waals surface area contributed by atoms with Crippen LogP contribution in [0.4, 0.5) is 5.69 Å². The summed E-state index contributed by atoms with van der Waals surface area (Å²) in [7, 11) is 1.70. The molecule has 0 fully saturated rings. The van der Waals surface area contributed by atoms with Gasteiger partial charge in [-0.15, -0.1) is 0 Å². The molecular formula is C31H33N3O2. The van der Waals surface area contributed by atoms with Crippen LogP contribution in [0.1, 0.15) is 35.2 Å². The van der Waals surface area contributed by atoms with E-state index in [9.17, 15) is 0 Å². The average molecular weight is 480 g/mol. The number of benzene rings is 3. The number of rotatable bonds is 8. The highest BCUT2D eigenvalue weighted by molar-refractivity contribution is 5.60. The van der Waals surface area contributed by atoms with Crippen LogP contribution in [0.2, 0.25) is 0 Å². The zero-order chi connectivity index (χ0) is 24.7. The highest BCUT2D eigenvalue weighted by Crippen LogP contribution is 2.36. The van der Waals surface area contributed by atoms with E-state index in [-0.39, 0.29) is 6.04 Å². The molecule has 1 N–H and O–H groups in total. The van der Waals surface area contributed by atoms with Crippen molar-refractivity contribution in [1.29, 1.82) is 0 Å². The van der Waals surface area contributed by atoms with Gasteiger partial charge in [0.1, 0.15) is 6.61 Å². The smallest absolute Gasteiger partial charge is 0.161 e. The Labute approximate surface area is 214 Å². The first-order valence-electron chi connectivity index (χ1n) is 12.5. The van der Waals surface area contributed by atoms with Crippen molar-refractivity contribution in [3.05, 3.63) is 120 Å². The summed E-state index contributed by atoms with van der Waals surface area (Å²) in [6.45, 7) is 4.55. The molecule has 0 spiro atoms. The molecule has 0 saturated carbocycles. The van der Waals surface area contributed by atoms with Crippen molar-refractivity contribution < 1.29 is 9.47 Å². The molecule has 1 atom stereocenters. The Morgan fingerprint density at radius 3 is 2.44 bits per heavy atom. The second-order valence-electron chi connectivity index (χ2n) is 8.94. The highest BCUT2D eigenvalue weighted by Gasteiger charge is 2.21. The molecule has 184 valence electrons. The van der Waals surface area contributed by atoms with Gasteiger partial charge in [-0.1, -0.05) is 54.6 Å². The van der Waals surface area contributed by atoms with Crippen molar-refractivity contribution in [1.82, 2.24) is 10.2 Å². The quantitative estimate of drug-likeness (QED) is 0.413. The molecule has 36 heavy (non-hydrogen) atoms. The van der Waals surface area contributed by atoms with Crippen LogP contribution < -0.4 is 19.7 Å². The van der Waals surface area contributed by atoms with Crippen LogP contribution in [0.3, 0.4) is 0 Å². The Hall–Kier alpha value is -3.96. The summed E-state index contributed by atoms with van der Waals surface area (Å²) >= 11 is 0. The summed E-state index contributed by atoms with van der Waals surface area (Å²) in [6.07, 6.45) is 13.7. The lowest BCUT2D eigenvalue weighted by Crippen LogP contribution is -2.28. The van der Waals surface area contributed by atoms with Crippen LogP contribution in [-0.2, 0) is 13.0 Å². The first-order chi connectivity index (χ1) is 17.7. The molecule has 0 saturated heterocycles. The van der Waals surface area contributed by atoms with Gasteiger partial charge in [0.15, 0.2) is 11.5 Å². The fourth-order valence-electron chi connectivity index (χ4n) is 4.54. The van der Waals surface area contributed by atoms with Crippen molar-refractivity contribution in [3.8, 4) is 11.5 Å². The predicted molar refractivity (Wildman–Crippen MR) is 147 cm³/mol. The van der Waals surface area contributed by atoms with Crippen molar-refractivity contribution in [2.75, 3.05) is 25.1 Å². The molecule has 5 rings (SSSR count). The van der Waals surface area contributed by atoms with E-state index in [0.717, 1.165) is 42.3 Å². The highest BCUT2D eigenvalue weighted by atomic mass is 16.5. The van der Waals surface area contributed by atoms with E-state index < -0.39 is 0 Å². The average Bonchev–Trinajstić information content (AvgIpc) is 2.95. The van der Waals surface area contributed by atoms with E-state index >= 15 is 0 Å². The number of nitrogens with zero attached hydrogens (tertiary/aromatic N) is 2. The molecule has 2 heterocycles. The molecule has 0 bridgehead atoms. The van der Waals surface area contributed by atoms with Crippen LogP contribution in [0.25, 0.3) is 6.08 Å². The molecule has 3 aromatic carbocycles. The lowest BCUT2D eigenvalue weighted by atomic mass is 9.93. The van der Waals surface area contributed by atoms with Gasteiger partial charge in [0, 0.05) is 43.6 Å². The topological polar surface area (TPSA) is 37.0 Å². The summed E-state index contributed by atoms with van der Waals surface area (Å²) in [4.78, 5) is 4.28. The minimum Gasteiger partial charge on any atom is -0.493 e. The number of methoxy groups -OCH3 is 1. The Bertz CT molecular complexity index is 1230. The number of ether oxygens (including phenoxy) is 2. The van der Waals surface area contributed by atoms with Gasteiger partial charge in [0.05, 0.1) is 13.2 Å². The van der Waals surface area contributed by atoms with Gasteiger partial charge >= 0.3 is 0 Å². The fourth-order valence-corrected chi connectivity index (χ4v) is 4.54. The summed E-state index contributed by atoms with van der Waals surface area (Å²) in [5.74, 6) is 1.56. The zero-order valence-corrected chi connectivity index (χ0v) is 20.9. The molecule has 0 aliphatic carbocycles. The monoisotopic (exact) mass is 479 g/mol. The Balaban J connectivity index is 1.29. The Kier molecular flexibility index (Phi) is 7.39. The third-order valence-corrected chi connectivity index (χ3v) is 6.63. The SMILES string of the molecule is CCN1C=CN(c2ccc(C=CC3NCCc4cc(OCc5ccccc5)c(OC)cc43)cc2)C=C1. The summed E-state index contributed by atoms with van der Waals surface area (Å²) < 4.78 is 11.8. The van der Waals surface area contributed by atoms with Crippen LogP contribution in [-0.4, -0.2) is 25.1 Å². The first kappa shape index (κ1) is 23.8. The van der Waals surface area contributed by atoms with Gasteiger partial charge in [-0.25, -0.2) is 0 Å². The van der Waals surface area contributed by atoms with E-state index in [2.05, 4.69) is 108 Å². The molecule has 3 aromatic rings. The zero-order valence-electron chi connectivity index (χ0n) is 20.9. The van der Waals surface area contributed by atoms with Gasteiger partial charge in [-0.3, -0.25) is 0 Å². The number of hydrogen-bond donors (Lipinski definition) is 1. The molecular weight excluding hydrogens is 446 g/mol. The normalized spacial score (nSPS) is 16.9. The van der Waals surface area contributed by atoms with Crippen LogP contribution in [0, 0.1) is 0 Å². The van der Waals surface area contributed by atoms with Gasteiger partial charge < -0.3 is 24.6 Å². The summed E-state index contributed by atoms with van der Waals surface area (Å²) in [5, 5.41) is 3.63. The molecule has 5 heteroatoms. The van der Waals surface area contributed by atoms with Gasteiger partial charge in [-0.2, -0.15) is 0 Å². The van der Waals surface area contributed by atoms with Crippen LogP contribution in [0.15, 0.2) is 97.6 Å². The molecule has 5 nitrogen and oxygen atoms in total. The standard InChI is InChI=1S/C31H33N3O2/c1-3-33-17-19-34(20-18-33)27-12-9-24(10-13-27)11-14-29-28-22-30(35-2)31(21-26(28)15-16-32-29)36-23-25-7-5-4-6-8-25/h4-14,17-22,29,32H,3,15-16,23H2,1-2H3. The van der Waals surface area contributed by atoms with E-state index in [0.29, 0.717) is 6.61 Å². The second kappa shape index (κ2) is 11.2. The Morgan fingerprint density at radius 2 is 1.72 bits per heavy atom. The van der Waals surface area contributed by atoms with Crippen LogP contribution >= 0.6 is 0 Å². The maximum Gasteiger partial charge on any atom is 0.161 e. The third kappa shape index (κ3) is 5.47. The molecule has 1 unspecified atom stereocenters. The number of fused-ring (bicyclic) bond motifs is 1. The maximum absolute atomic E-state index is 6.14. The van der Waals surface area contributed by atoms with Crippen molar-refractivity contribution in [2.45, 2.75) is 26.0 Å². The minimum atomic E-state index is 0.124. The summed E-state index contributed by atoms with van der Waals surface area (Å²) in [5.41, 5.74) is 5.99. The third-order valence-electron chi connectivity index (χ3n) is 6.63. The van der Waals surface area contributed by atoms with Crippen molar-refractivity contribution in [3.63, 3.8) is 0 Å². The van der Waals surface area contributed by atoms with E-state index in [1.54, 1.807) is 7.11 Å². The maximum atomic E-state index is 6.14. The van der Waals surface area contributed by atoms with Crippen LogP contribution in [0.5, 0.6) is 11.5 Å².